The molecule has 1 aliphatic rings. The topological polar surface area (TPSA) is 42.2 Å². The van der Waals surface area contributed by atoms with E-state index in [0.29, 0.717) is 5.82 Å². The van der Waals surface area contributed by atoms with Gasteiger partial charge in [0, 0.05) is 43.6 Å². The number of aromatic nitrogens is 2. The van der Waals surface area contributed by atoms with Gasteiger partial charge < -0.3 is 9.32 Å². The van der Waals surface area contributed by atoms with Gasteiger partial charge in [-0.2, -0.15) is 0 Å². The molecule has 50 heavy (non-hydrogen) atoms. The second-order valence-electron chi connectivity index (χ2n) is 13.0. The van der Waals surface area contributed by atoms with Crippen molar-refractivity contribution >= 4 is 71.4 Å². The molecule has 4 heteroatoms. The summed E-state index contributed by atoms with van der Waals surface area (Å²) in [5.74, 6) is 0.687. The Bertz CT molecular complexity index is 3010. The lowest BCUT2D eigenvalue weighted by molar-refractivity contribution is 0.669. The Morgan fingerprint density at radius 3 is 2.06 bits per heavy atom. The Hall–Kier alpha value is -6.78. The fourth-order valence-electron chi connectivity index (χ4n) is 7.92. The van der Waals surface area contributed by atoms with E-state index in [1.54, 1.807) is 0 Å². The first kappa shape index (κ1) is 27.2. The highest BCUT2D eigenvalue weighted by molar-refractivity contribution is 6.16. The molecule has 10 aromatic rings. The third-order valence-electron chi connectivity index (χ3n) is 10.2. The predicted molar refractivity (Wildman–Crippen MR) is 206 cm³/mol. The van der Waals surface area contributed by atoms with Crippen LogP contribution in [-0.2, 0) is 0 Å². The van der Waals surface area contributed by atoms with Crippen molar-refractivity contribution in [3.05, 3.63) is 164 Å². The molecule has 3 heterocycles. The van der Waals surface area contributed by atoms with E-state index in [1.807, 2.05) is 18.2 Å². The zero-order valence-corrected chi connectivity index (χ0v) is 26.8. The largest absolute Gasteiger partial charge is 0.456 e. The molecule has 0 radical (unpaired) electrons. The first-order valence-corrected chi connectivity index (χ1v) is 16.9. The van der Waals surface area contributed by atoms with Crippen LogP contribution in [0, 0.1) is 0 Å². The maximum Gasteiger partial charge on any atom is 0.160 e. The molecule has 0 amide bonds. The van der Waals surface area contributed by atoms with Crippen molar-refractivity contribution < 1.29 is 4.42 Å². The Morgan fingerprint density at radius 1 is 0.420 bits per heavy atom. The van der Waals surface area contributed by atoms with Gasteiger partial charge in [-0.1, -0.05) is 109 Å². The Morgan fingerprint density at radius 2 is 1.12 bits per heavy atom. The minimum absolute atomic E-state index is 0.687. The zero-order chi connectivity index (χ0) is 32.8. The van der Waals surface area contributed by atoms with Crippen LogP contribution in [0.4, 0.5) is 17.1 Å². The van der Waals surface area contributed by atoms with Gasteiger partial charge in [-0.25, -0.2) is 9.97 Å². The molecule has 0 saturated carbocycles. The first-order valence-electron chi connectivity index (χ1n) is 16.9. The van der Waals surface area contributed by atoms with Crippen LogP contribution in [0.5, 0.6) is 0 Å². The standard InChI is InChI=1S/C46H27N3O/c1-2-14-32-29(11-1)25-31(27-41(32)49-39-20-7-4-15-33(39)35-18-9-12-28-13-10-21-40(49)44(28)35)46-47-38-19-6-3-17-36(38)45(48-46)30-23-24-43-37(26-30)34-16-5-8-22-42(34)50-43/h1-27H. The van der Waals surface area contributed by atoms with Crippen LogP contribution in [0.25, 0.3) is 88.2 Å². The van der Waals surface area contributed by atoms with Crippen LogP contribution in [0.15, 0.2) is 168 Å². The van der Waals surface area contributed by atoms with Crippen LogP contribution in [0.1, 0.15) is 0 Å². The second-order valence-corrected chi connectivity index (χ2v) is 13.0. The third-order valence-corrected chi connectivity index (χ3v) is 10.2. The molecule has 232 valence electrons. The highest BCUT2D eigenvalue weighted by atomic mass is 16.3. The smallest absolute Gasteiger partial charge is 0.160 e. The Balaban J connectivity index is 1.17. The number of hydrogen-bond acceptors (Lipinski definition) is 4. The van der Waals surface area contributed by atoms with Crippen molar-refractivity contribution in [3.63, 3.8) is 0 Å². The van der Waals surface area contributed by atoms with Gasteiger partial charge in [0.2, 0.25) is 0 Å². The van der Waals surface area contributed by atoms with Gasteiger partial charge in [0.1, 0.15) is 11.2 Å². The number of benzene rings is 8. The van der Waals surface area contributed by atoms with E-state index in [1.165, 1.54) is 33.0 Å². The SMILES string of the molecule is c1ccc2c(c1)-c1cccc3cccc(c13)N2c1cc(-c2nc(-c3ccc4oc5ccccc5c4c3)c3ccccc3n2)cc2ccccc12. The van der Waals surface area contributed by atoms with Crippen LogP contribution in [0.3, 0.4) is 0 Å². The molecule has 0 bridgehead atoms. The lowest BCUT2D eigenvalue weighted by atomic mass is 9.90. The molecule has 11 rings (SSSR count). The van der Waals surface area contributed by atoms with Gasteiger partial charge in [0.05, 0.1) is 28.3 Å². The molecular formula is C46H27N3O. The summed E-state index contributed by atoms with van der Waals surface area (Å²) in [6.45, 7) is 0. The van der Waals surface area contributed by atoms with E-state index in [9.17, 15) is 0 Å². The van der Waals surface area contributed by atoms with Gasteiger partial charge in [-0.3, -0.25) is 0 Å². The predicted octanol–water partition coefficient (Wildman–Crippen LogP) is 12.6. The maximum atomic E-state index is 6.17. The number of fused-ring (bicyclic) bond motifs is 7. The molecule has 0 atom stereocenters. The minimum atomic E-state index is 0.687. The van der Waals surface area contributed by atoms with Gasteiger partial charge in [-0.15, -0.1) is 0 Å². The number of anilines is 3. The van der Waals surface area contributed by atoms with Crippen molar-refractivity contribution in [2.75, 3.05) is 4.90 Å². The molecule has 0 unspecified atom stereocenters. The molecule has 0 N–H and O–H groups in total. The summed E-state index contributed by atoms with van der Waals surface area (Å²) in [7, 11) is 0. The number of hydrogen-bond donors (Lipinski definition) is 0. The van der Waals surface area contributed by atoms with E-state index in [4.69, 9.17) is 14.4 Å². The molecule has 0 aliphatic carbocycles. The molecule has 1 aliphatic heterocycles. The van der Waals surface area contributed by atoms with E-state index in [-0.39, 0.29) is 0 Å². The van der Waals surface area contributed by atoms with Gasteiger partial charge in [-0.05, 0) is 70.9 Å². The first-order chi connectivity index (χ1) is 24.8. The number of furan rings is 1. The summed E-state index contributed by atoms with van der Waals surface area (Å²) < 4.78 is 6.17. The number of para-hydroxylation sites is 3. The summed E-state index contributed by atoms with van der Waals surface area (Å²) in [6, 6.07) is 57.9. The highest BCUT2D eigenvalue weighted by Crippen LogP contribution is 2.52. The lowest BCUT2D eigenvalue weighted by Gasteiger charge is -2.34. The minimum Gasteiger partial charge on any atom is -0.456 e. The molecular weight excluding hydrogens is 611 g/mol. The Labute approximate surface area is 287 Å². The summed E-state index contributed by atoms with van der Waals surface area (Å²) in [5.41, 5.74) is 11.4. The van der Waals surface area contributed by atoms with Crippen LogP contribution in [-0.4, -0.2) is 9.97 Å². The summed E-state index contributed by atoms with van der Waals surface area (Å²) in [6.07, 6.45) is 0. The fourth-order valence-corrected chi connectivity index (χ4v) is 7.92. The molecule has 4 nitrogen and oxygen atoms in total. The average molecular weight is 638 g/mol. The fraction of sp³-hybridized carbons (Fsp3) is 0. The van der Waals surface area contributed by atoms with Gasteiger partial charge >= 0.3 is 0 Å². The average Bonchev–Trinajstić information content (AvgIpc) is 3.55. The summed E-state index contributed by atoms with van der Waals surface area (Å²) >= 11 is 0. The molecule has 8 aromatic carbocycles. The van der Waals surface area contributed by atoms with Crippen molar-refractivity contribution in [2.45, 2.75) is 0 Å². The van der Waals surface area contributed by atoms with E-state index >= 15 is 0 Å². The van der Waals surface area contributed by atoms with Gasteiger partial charge in [0.15, 0.2) is 5.82 Å². The molecule has 0 saturated heterocycles. The van der Waals surface area contributed by atoms with Gasteiger partial charge in [0.25, 0.3) is 0 Å². The quantitative estimate of drug-likeness (QED) is 0.193. The van der Waals surface area contributed by atoms with Crippen molar-refractivity contribution in [1.82, 2.24) is 9.97 Å². The second kappa shape index (κ2) is 10.4. The van der Waals surface area contributed by atoms with Crippen LogP contribution >= 0.6 is 0 Å². The normalized spacial score (nSPS) is 12.4. The Kier molecular flexibility index (Phi) is 5.63. The monoisotopic (exact) mass is 637 g/mol. The van der Waals surface area contributed by atoms with Crippen molar-refractivity contribution in [2.24, 2.45) is 0 Å². The third kappa shape index (κ3) is 3.93. The van der Waals surface area contributed by atoms with E-state index in [2.05, 4.69) is 150 Å². The number of rotatable bonds is 3. The van der Waals surface area contributed by atoms with Crippen molar-refractivity contribution in [3.8, 4) is 33.8 Å². The molecule has 2 aromatic heterocycles. The zero-order valence-electron chi connectivity index (χ0n) is 26.8. The highest BCUT2D eigenvalue weighted by Gasteiger charge is 2.27. The number of nitrogens with zero attached hydrogens (tertiary/aromatic N) is 3. The lowest BCUT2D eigenvalue weighted by Crippen LogP contribution is -2.15. The summed E-state index contributed by atoms with van der Waals surface area (Å²) in [5, 5.41) is 7.97. The van der Waals surface area contributed by atoms with Crippen LogP contribution in [0.2, 0.25) is 0 Å². The van der Waals surface area contributed by atoms with E-state index in [0.717, 1.165) is 66.4 Å². The maximum absolute atomic E-state index is 6.17. The van der Waals surface area contributed by atoms with E-state index < -0.39 is 0 Å². The molecule has 0 fully saturated rings. The summed E-state index contributed by atoms with van der Waals surface area (Å²) in [4.78, 5) is 13.0. The molecule has 0 spiro atoms. The van der Waals surface area contributed by atoms with Crippen LogP contribution < -0.4 is 4.90 Å². The van der Waals surface area contributed by atoms with Crippen molar-refractivity contribution in [1.29, 1.82) is 0 Å².